The maximum Gasteiger partial charge on any atom is 0.162 e. The van der Waals surface area contributed by atoms with Crippen molar-refractivity contribution in [3.8, 4) is 11.5 Å². The minimum atomic E-state index is 0.227. The number of hydrogen-bond acceptors (Lipinski definition) is 5. The molecule has 1 aromatic heterocycles. The summed E-state index contributed by atoms with van der Waals surface area (Å²) in [6, 6.07) is 5.56. The van der Waals surface area contributed by atoms with Crippen LogP contribution in [0.5, 0.6) is 11.5 Å². The first-order valence-corrected chi connectivity index (χ1v) is 7.27. The minimum Gasteiger partial charge on any atom is -0.504 e. The maximum atomic E-state index is 10.0. The van der Waals surface area contributed by atoms with Crippen molar-refractivity contribution in [3.63, 3.8) is 0 Å². The number of thiazole rings is 1. The number of nitrogens with one attached hydrogen (secondary N) is 1. The molecule has 0 amide bonds. The van der Waals surface area contributed by atoms with Crippen LogP contribution in [0.25, 0.3) is 0 Å². The molecular weight excluding hydrogens is 260 g/mol. The molecule has 5 heteroatoms. The van der Waals surface area contributed by atoms with E-state index in [1.807, 2.05) is 24.6 Å². The molecule has 4 nitrogen and oxygen atoms in total. The molecule has 2 aromatic rings. The molecule has 0 saturated carbocycles. The van der Waals surface area contributed by atoms with E-state index >= 15 is 0 Å². The van der Waals surface area contributed by atoms with Crippen molar-refractivity contribution in [1.82, 2.24) is 10.3 Å². The van der Waals surface area contributed by atoms with Gasteiger partial charge >= 0.3 is 0 Å². The fraction of sp³-hybridized carbons (Fsp3) is 0.357. The zero-order valence-electron chi connectivity index (χ0n) is 10.9. The van der Waals surface area contributed by atoms with Crippen LogP contribution in [0.4, 0.5) is 0 Å². The molecular formula is C14H18N2O2S. The summed E-state index contributed by atoms with van der Waals surface area (Å²) in [7, 11) is 0. The lowest BCUT2D eigenvalue weighted by Gasteiger charge is -2.10. The van der Waals surface area contributed by atoms with Gasteiger partial charge in [-0.15, -0.1) is 11.3 Å². The molecule has 0 aliphatic rings. The van der Waals surface area contributed by atoms with E-state index in [-0.39, 0.29) is 5.75 Å². The van der Waals surface area contributed by atoms with Gasteiger partial charge in [-0.3, -0.25) is 0 Å². The Hall–Kier alpha value is -1.59. The van der Waals surface area contributed by atoms with Crippen LogP contribution >= 0.6 is 11.3 Å². The zero-order valence-corrected chi connectivity index (χ0v) is 11.7. The van der Waals surface area contributed by atoms with Gasteiger partial charge in [0.05, 0.1) is 17.8 Å². The van der Waals surface area contributed by atoms with E-state index < -0.39 is 0 Å². The third kappa shape index (κ3) is 3.94. The molecule has 2 rings (SSSR count). The standard InChI is InChI=1S/C14H18N2O2S/c1-2-18-13-5-3-4-11(14(13)17)8-15-7-6-12-9-19-10-16-12/h3-5,9-10,15,17H,2,6-8H2,1H3. The number of aromatic nitrogens is 1. The maximum absolute atomic E-state index is 10.0. The summed E-state index contributed by atoms with van der Waals surface area (Å²) < 4.78 is 5.36. The predicted molar refractivity (Wildman–Crippen MR) is 76.8 cm³/mol. The van der Waals surface area contributed by atoms with Gasteiger partial charge in [-0.25, -0.2) is 4.98 Å². The molecule has 2 N–H and O–H groups in total. The molecule has 19 heavy (non-hydrogen) atoms. The fourth-order valence-corrected chi connectivity index (χ4v) is 2.38. The monoisotopic (exact) mass is 278 g/mol. The molecule has 102 valence electrons. The van der Waals surface area contributed by atoms with E-state index in [0.717, 1.165) is 24.2 Å². The van der Waals surface area contributed by atoms with Crippen molar-refractivity contribution in [2.75, 3.05) is 13.2 Å². The van der Waals surface area contributed by atoms with Gasteiger partial charge in [0.25, 0.3) is 0 Å². The molecule has 0 radical (unpaired) electrons. The summed E-state index contributed by atoms with van der Waals surface area (Å²) in [6.07, 6.45) is 0.898. The van der Waals surface area contributed by atoms with Gasteiger partial charge < -0.3 is 15.2 Å². The summed E-state index contributed by atoms with van der Waals surface area (Å²) in [4.78, 5) is 4.23. The number of hydrogen-bond donors (Lipinski definition) is 2. The van der Waals surface area contributed by atoms with Gasteiger partial charge in [0.2, 0.25) is 0 Å². The number of phenolic OH excluding ortho intramolecular Hbond substituents is 1. The topological polar surface area (TPSA) is 54.4 Å². The zero-order chi connectivity index (χ0) is 13.5. The van der Waals surface area contributed by atoms with Crippen LogP contribution in [-0.2, 0) is 13.0 Å². The minimum absolute atomic E-state index is 0.227. The first-order chi connectivity index (χ1) is 9.31. The molecule has 1 heterocycles. The first kappa shape index (κ1) is 13.8. The van der Waals surface area contributed by atoms with E-state index in [2.05, 4.69) is 15.7 Å². The number of ether oxygens (including phenoxy) is 1. The van der Waals surface area contributed by atoms with Gasteiger partial charge in [-0.2, -0.15) is 0 Å². The number of aromatic hydroxyl groups is 1. The highest BCUT2D eigenvalue weighted by Gasteiger charge is 2.07. The van der Waals surface area contributed by atoms with E-state index in [1.165, 1.54) is 0 Å². The Morgan fingerprint density at radius 2 is 2.32 bits per heavy atom. The van der Waals surface area contributed by atoms with Crippen molar-refractivity contribution in [1.29, 1.82) is 0 Å². The Balaban J connectivity index is 1.83. The Morgan fingerprint density at radius 1 is 1.42 bits per heavy atom. The number of benzene rings is 1. The van der Waals surface area contributed by atoms with Crippen LogP contribution < -0.4 is 10.1 Å². The lowest BCUT2D eigenvalue weighted by molar-refractivity contribution is 0.316. The van der Waals surface area contributed by atoms with Crippen molar-refractivity contribution < 1.29 is 9.84 Å². The summed E-state index contributed by atoms with van der Waals surface area (Å²) in [5.41, 5.74) is 3.79. The fourth-order valence-electron chi connectivity index (χ4n) is 1.78. The molecule has 0 unspecified atom stereocenters. The van der Waals surface area contributed by atoms with Crippen LogP contribution in [0.15, 0.2) is 29.1 Å². The SMILES string of the molecule is CCOc1cccc(CNCCc2cscn2)c1O. The van der Waals surface area contributed by atoms with Crippen LogP contribution in [0.1, 0.15) is 18.2 Å². The average Bonchev–Trinajstić information content (AvgIpc) is 2.92. The molecule has 0 aliphatic heterocycles. The van der Waals surface area contributed by atoms with Crippen molar-refractivity contribution in [3.05, 3.63) is 40.3 Å². The highest BCUT2D eigenvalue weighted by molar-refractivity contribution is 7.07. The quantitative estimate of drug-likeness (QED) is 0.764. The third-order valence-electron chi connectivity index (χ3n) is 2.74. The Morgan fingerprint density at radius 3 is 3.05 bits per heavy atom. The third-order valence-corrected chi connectivity index (χ3v) is 3.37. The van der Waals surface area contributed by atoms with Crippen molar-refractivity contribution >= 4 is 11.3 Å². The number of phenols is 1. The van der Waals surface area contributed by atoms with Crippen LogP contribution in [0.3, 0.4) is 0 Å². The summed E-state index contributed by atoms with van der Waals surface area (Å²) in [5.74, 6) is 0.770. The van der Waals surface area contributed by atoms with Gasteiger partial charge in [0.1, 0.15) is 0 Å². The second-order valence-corrected chi connectivity index (χ2v) is 4.82. The highest BCUT2D eigenvalue weighted by Crippen LogP contribution is 2.29. The molecule has 0 aliphatic carbocycles. The van der Waals surface area contributed by atoms with Gasteiger partial charge in [0.15, 0.2) is 11.5 Å². The largest absolute Gasteiger partial charge is 0.504 e. The lowest BCUT2D eigenvalue weighted by Crippen LogP contribution is -2.17. The molecule has 0 saturated heterocycles. The lowest BCUT2D eigenvalue weighted by atomic mass is 10.2. The number of rotatable bonds is 7. The second kappa shape index (κ2) is 7.11. The summed E-state index contributed by atoms with van der Waals surface area (Å²) in [5, 5.41) is 15.4. The Bertz CT molecular complexity index is 500. The average molecular weight is 278 g/mol. The summed E-state index contributed by atoms with van der Waals surface area (Å²) in [6.45, 7) is 3.91. The van der Waals surface area contributed by atoms with Crippen molar-refractivity contribution in [2.45, 2.75) is 19.9 Å². The Labute approximate surface area is 117 Å². The molecule has 0 atom stereocenters. The first-order valence-electron chi connectivity index (χ1n) is 6.32. The van der Waals surface area contributed by atoms with E-state index in [1.54, 1.807) is 17.4 Å². The number of nitrogens with zero attached hydrogens (tertiary/aromatic N) is 1. The van der Waals surface area contributed by atoms with E-state index in [9.17, 15) is 5.11 Å². The van der Waals surface area contributed by atoms with Gasteiger partial charge in [-0.05, 0) is 13.0 Å². The second-order valence-electron chi connectivity index (χ2n) is 4.10. The van der Waals surface area contributed by atoms with Crippen molar-refractivity contribution in [2.24, 2.45) is 0 Å². The Kier molecular flexibility index (Phi) is 5.18. The van der Waals surface area contributed by atoms with Gasteiger partial charge in [-0.1, -0.05) is 12.1 Å². The molecule has 0 bridgehead atoms. The number of para-hydroxylation sites is 1. The summed E-state index contributed by atoms with van der Waals surface area (Å²) >= 11 is 1.61. The van der Waals surface area contributed by atoms with Gasteiger partial charge in [0, 0.05) is 30.5 Å². The molecule has 0 spiro atoms. The molecule has 1 aromatic carbocycles. The van der Waals surface area contributed by atoms with Crippen LogP contribution in [-0.4, -0.2) is 23.2 Å². The normalized spacial score (nSPS) is 10.6. The van der Waals surface area contributed by atoms with E-state index in [4.69, 9.17) is 4.74 Å². The van der Waals surface area contributed by atoms with E-state index in [0.29, 0.717) is 18.9 Å². The highest BCUT2D eigenvalue weighted by atomic mass is 32.1. The van der Waals surface area contributed by atoms with Crippen LogP contribution in [0, 0.1) is 0 Å². The molecule has 0 fully saturated rings. The predicted octanol–water partition coefficient (Wildman–Crippen LogP) is 2.58. The smallest absolute Gasteiger partial charge is 0.162 e. The van der Waals surface area contributed by atoms with Crippen LogP contribution in [0.2, 0.25) is 0 Å².